The smallest absolute Gasteiger partial charge is 0.272 e. The molecular weight excluding hydrogens is 234 g/mol. The van der Waals surface area contributed by atoms with Crippen LogP contribution in [0, 0.1) is 0 Å². The summed E-state index contributed by atoms with van der Waals surface area (Å²) >= 11 is 3.12. The molecule has 0 aliphatic carbocycles. The van der Waals surface area contributed by atoms with Gasteiger partial charge in [-0.15, -0.1) is 12.6 Å². The van der Waals surface area contributed by atoms with E-state index in [1.807, 2.05) is 0 Å². The molecule has 0 fully saturated rings. The fourth-order valence-corrected chi connectivity index (χ4v) is 1.08. The highest BCUT2D eigenvalue weighted by Gasteiger charge is 2.43. The zero-order chi connectivity index (χ0) is 11.1. The van der Waals surface area contributed by atoms with Crippen molar-refractivity contribution in [2.75, 3.05) is 0 Å². The minimum Gasteiger partial charge on any atom is -0.272 e. The summed E-state index contributed by atoms with van der Waals surface area (Å²) in [6.07, 6.45) is -9.87. The van der Waals surface area contributed by atoms with Gasteiger partial charge in [0.25, 0.3) is 0 Å². The van der Waals surface area contributed by atoms with Crippen LogP contribution in [0.5, 0.6) is 0 Å². The first-order chi connectivity index (χ1) is 6.14. The molecular formula is C5H2F6N2S. The van der Waals surface area contributed by atoms with Crippen LogP contribution in [0.3, 0.4) is 0 Å². The number of alkyl halides is 6. The van der Waals surface area contributed by atoms with Crippen LogP contribution >= 0.6 is 12.6 Å². The quantitative estimate of drug-likeness (QED) is 0.526. The molecule has 9 heteroatoms. The van der Waals surface area contributed by atoms with Gasteiger partial charge in [0.2, 0.25) is 0 Å². The van der Waals surface area contributed by atoms with Gasteiger partial charge < -0.3 is 0 Å². The van der Waals surface area contributed by atoms with Gasteiger partial charge in [0.05, 0.1) is 4.90 Å². The van der Waals surface area contributed by atoms with Crippen LogP contribution < -0.4 is 0 Å². The molecule has 0 aromatic carbocycles. The third-order valence-corrected chi connectivity index (χ3v) is 1.73. The van der Waals surface area contributed by atoms with Gasteiger partial charge >= 0.3 is 12.4 Å². The maximum Gasteiger partial charge on any atom is 0.436 e. The van der Waals surface area contributed by atoms with Gasteiger partial charge in [-0.25, -0.2) is 0 Å². The summed E-state index contributed by atoms with van der Waals surface area (Å²) < 4.78 is 71.7. The third kappa shape index (κ3) is 1.97. The Kier molecular flexibility index (Phi) is 2.46. The molecule has 0 spiro atoms. The Morgan fingerprint density at radius 3 is 1.71 bits per heavy atom. The van der Waals surface area contributed by atoms with Crippen LogP contribution in [-0.4, -0.2) is 10.2 Å². The normalized spacial score (nSPS) is 13.4. The van der Waals surface area contributed by atoms with E-state index in [4.69, 9.17) is 0 Å². The molecule has 1 aromatic rings. The summed E-state index contributed by atoms with van der Waals surface area (Å²) in [7, 11) is 0. The van der Waals surface area contributed by atoms with Crippen LogP contribution in [0.4, 0.5) is 26.3 Å². The Balaban J connectivity index is 3.23. The number of nitrogens with zero attached hydrogens (tertiary/aromatic N) is 1. The Bertz CT molecular complexity index is 305. The Morgan fingerprint density at radius 1 is 1.00 bits per heavy atom. The van der Waals surface area contributed by atoms with E-state index >= 15 is 0 Å². The highest BCUT2D eigenvalue weighted by Crippen LogP contribution is 2.39. The lowest BCUT2D eigenvalue weighted by molar-refractivity contribution is -0.147. The van der Waals surface area contributed by atoms with E-state index in [0.717, 1.165) is 0 Å². The van der Waals surface area contributed by atoms with E-state index in [-0.39, 0.29) is 0 Å². The largest absolute Gasteiger partial charge is 0.436 e. The lowest BCUT2D eigenvalue weighted by Gasteiger charge is -2.05. The lowest BCUT2D eigenvalue weighted by Crippen LogP contribution is -2.08. The Hall–Kier alpha value is -0.860. The van der Waals surface area contributed by atoms with Crippen LogP contribution in [0.25, 0.3) is 0 Å². The second-order valence-corrected chi connectivity index (χ2v) is 2.74. The predicted octanol–water partition coefficient (Wildman–Crippen LogP) is 2.74. The molecule has 0 saturated heterocycles. The van der Waals surface area contributed by atoms with E-state index in [1.165, 1.54) is 5.10 Å². The molecule has 1 heterocycles. The van der Waals surface area contributed by atoms with Crippen molar-refractivity contribution in [2.45, 2.75) is 17.2 Å². The minimum absolute atomic E-state index is 1.25. The number of rotatable bonds is 0. The molecule has 0 radical (unpaired) electrons. The standard InChI is InChI=1S/C5H2F6N2S/c6-4(7,8)2-1(14)3(13-12-2)5(9,10)11/h14H,(H,12,13). The van der Waals surface area contributed by atoms with Gasteiger partial charge in [-0.05, 0) is 0 Å². The number of hydrogen-bond acceptors (Lipinski definition) is 2. The van der Waals surface area contributed by atoms with E-state index in [9.17, 15) is 26.3 Å². The zero-order valence-electron chi connectivity index (χ0n) is 6.16. The van der Waals surface area contributed by atoms with Crippen molar-refractivity contribution in [2.24, 2.45) is 0 Å². The molecule has 14 heavy (non-hydrogen) atoms. The average Bonchev–Trinajstić information content (AvgIpc) is 2.26. The molecule has 0 aliphatic rings. The summed E-state index contributed by atoms with van der Waals surface area (Å²) in [4.78, 5) is -1.25. The van der Waals surface area contributed by atoms with Gasteiger partial charge in [0.15, 0.2) is 11.4 Å². The van der Waals surface area contributed by atoms with Gasteiger partial charge in [0, 0.05) is 0 Å². The molecule has 0 bridgehead atoms. The highest BCUT2D eigenvalue weighted by atomic mass is 32.1. The first-order valence-electron chi connectivity index (χ1n) is 3.05. The van der Waals surface area contributed by atoms with Crippen molar-refractivity contribution in [3.8, 4) is 0 Å². The topological polar surface area (TPSA) is 28.7 Å². The molecule has 1 rings (SSSR count). The molecule has 2 nitrogen and oxygen atoms in total. The lowest BCUT2D eigenvalue weighted by atomic mass is 10.3. The maximum atomic E-state index is 12.0. The molecule has 1 aromatic heterocycles. The fraction of sp³-hybridized carbons (Fsp3) is 0.400. The van der Waals surface area contributed by atoms with Crippen LogP contribution in [-0.2, 0) is 12.4 Å². The van der Waals surface area contributed by atoms with Crippen molar-refractivity contribution < 1.29 is 26.3 Å². The monoisotopic (exact) mass is 236 g/mol. The van der Waals surface area contributed by atoms with Gasteiger partial charge in [-0.1, -0.05) is 0 Å². The second-order valence-electron chi connectivity index (χ2n) is 2.29. The summed E-state index contributed by atoms with van der Waals surface area (Å²) in [6.45, 7) is 0. The summed E-state index contributed by atoms with van der Waals surface area (Å²) in [5.74, 6) is 0. The third-order valence-electron chi connectivity index (χ3n) is 1.29. The van der Waals surface area contributed by atoms with E-state index < -0.39 is 28.6 Å². The van der Waals surface area contributed by atoms with Crippen LogP contribution in [0.1, 0.15) is 11.4 Å². The van der Waals surface area contributed by atoms with Crippen molar-refractivity contribution in [3.05, 3.63) is 11.4 Å². The first-order valence-corrected chi connectivity index (χ1v) is 3.50. The SMILES string of the molecule is FC(F)(F)c1n[nH]c(C(F)(F)F)c1S. The summed E-state index contributed by atoms with van der Waals surface area (Å²) in [6, 6.07) is 0. The van der Waals surface area contributed by atoms with Crippen molar-refractivity contribution in [1.82, 2.24) is 10.2 Å². The van der Waals surface area contributed by atoms with E-state index in [0.29, 0.717) is 0 Å². The second kappa shape index (κ2) is 3.07. The number of hydrogen-bond donors (Lipinski definition) is 2. The number of aromatic nitrogens is 2. The molecule has 0 atom stereocenters. The molecule has 80 valence electrons. The van der Waals surface area contributed by atoms with Crippen LogP contribution in [0.15, 0.2) is 4.90 Å². The van der Waals surface area contributed by atoms with Crippen molar-refractivity contribution in [3.63, 3.8) is 0 Å². The van der Waals surface area contributed by atoms with E-state index in [1.54, 1.807) is 0 Å². The molecule has 0 unspecified atom stereocenters. The highest BCUT2D eigenvalue weighted by molar-refractivity contribution is 7.80. The predicted molar refractivity (Wildman–Crippen MR) is 35.8 cm³/mol. The van der Waals surface area contributed by atoms with Crippen molar-refractivity contribution >= 4 is 12.6 Å². The number of H-pyrrole nitrogens is 1. The number of aromatic amines is 1. The van der Waals surface area contributed by atoms with Gasteiger partial charge in [-0.3, -0.25) is 5.10 Å². The zero-order valence-corrected chi connectivity index (χ0v) is 7.06. The van der Waals surface area contributed by atoms with Gasteiger partial charge in [-0.2, -0.15) is 31.4 Å². The maximum absolute atomic E-state index is 12.0. The summed E-state index contributed by atoms with van der Waals surface area (Å²) in [5.41, 5.74) is -3.28. The molecule has 0 amide bonds. The van der Waals surface area contributed by atoms with Gasteiger partial charge in [0.1, 0.15) is 0 Å². The molecule has 1 N–H and O–H groups in total. The number of nitrogens with one attached hydrogen (secondary N) is 1. The average molecular weight is 236 g/mol. The van der Waals surface area contributed by atoms with E-state index in [2.05, 4.69) is 17.7 Å². The van der Waals surface area contributed by atoms with Crippen LogP contribution in [0.2, 0.25) is 0 Å². The molecule has 0 saturated carbocycles. The van der Waals surface area contributed by atoms with Crippen molar-refractivity contribution in [1.29, 1.82) is 0 Å². The number of thiol groups is 1. The minimum atomic E-state index is -4.95. The first kappa shape index (κ1) is 11.2. The Morgan fingerprint density at radius 2 is 1.50 bits per heavy atom. The molecule has 0 aliphatic heterocycles. The fourth-order valence-electron chi connectivity index (χ4n) is 0.731. The number of halogens is 6. The summed E-state index contributed by atoms with van der Waals surface area (Å²) in [5, 5.41) is 3.76. The Labute approximate surface area is 78.7 Å².